The van der Waals surface area contributed by atoms with Crippen LogP contribution in [0.15, 0.2) is 64.5 Å². The quantitative estimate of drug-likeness (QED) is 0.392. The first-order chi connectivity index (χ1) is 18.2. The molecule has 2 bridgehead atoms. The average Bonchev–Trinajstić information content (AvgIpc) is 3.12. The van der Waals surface area contributed by atoms with Crippen LogP contribution in [0.25, 0.3) is 0 Å². The van der Waals surface area contributed by atoms with Gasteiger partial charge in [0.25, 0.3) is 0 Å². The van der Waals surface area contributed by atoms with Crippen molar-refractivity contribution < 1.29 is 30.8 Å². The molecule has 0 spiro atoms. The van der Waals surface area contributed by atoms with Crippen molar-refractivity contribution >= 4 is 21.6 Å². The highest BCUT2D eigenvalue weighted by Gasteiger charge is 2.75. The molecule has 0 unspecified atom stereocenters. The maximum atomic E-state index is 13.8. The van der Waals surface area contributed by atoms with Gasteiger partial charge in [-0.2, -0.15) is 17.5 Å². The van der Waals surface area contributed by atoms with E-state index in [0.29, 0.717) is 30.7 Å². The van der Waals surface area contributed by atoms with Crippen LogP contribution in [0.5, 0.6) is 0 Å². The van der Waals surface area contributed by atoms with Crippen LogP contribution in [0.3, 0.4) is 0 Å². The molecule has 4 aliphatic rings. The van der Waals surface area contributed by atoms with Gasteiger partial charge in [-0.1, -0.05) is 30.3 Å². The lowest BCUT2D eigenvalue weighted by atomic mass is 9.38. The number of halogens is 4. The SMILES string of the molecule is CC1(C)NC(C23CC(N(Cc4ccc(F)cc4)S(=O)(=O)c4ccccc4)(C2)C3)=N[C@H]1C(=O)CCCC(F)(F)F. The molecule has 0 aromatic heterocycles. The molecule has 39 heavy (non-hydrogen) atoms. The van der Waals surface area contributed by atoms with Crippen LogP contribution in [0.1, 0.15) is 57.9 Å². The minimum absolute atomic E-state index is 0.0826. The number of amidine groups is 1. The number of nitrogens with zero attached hydrogens (tertiary/aromatic N) is 2. The summed E-state index contributed by atoms with van der Waals surface area (Å²) in [7, 11) is -3.88. The Bertz CT molecular complexity index is 1370. The number of sulfonamides is 1. The molecule has 1 heterocycles. The highest BCUT2D eigenvalue weighted by Crippen LogP contribution is 2.71. The van der Waals surface area contributed by atoms with Crippen LogP contribution in [0, 0.1) is 11.2 Å². The molecule has 210 valence electrons. The van der Waals surface area contributed by atoms with E-state index in [4.69, 9.17) is 0 Å². The fourth-order valence-electron chi connectivity index (χ4n) is 6.27. The summed E-state index contributed by atoms with van der Waals surface area (Å²) in [5, 5.41) is 3.33. The Morgan fingerprint density at radius 3 is 2.26 bits per heavy atom. The Labute approximate surface area is 225 Å². The number of carbonyl (C=O) groups excluding carboxylic acids is 1. The molecule has 3 aliphatic carbocycles. The van der Waals surface area contributed by atoms with E-state index in [9.17, 15) is 30.8 Å². The average molecular weight is 566 g/mol. The Morgan fingerprint density at radius 2 is 1.67 bits per heavy atom. The third kappa shape index (κ3) is 5.11. The molecule has 6 nitrogen and oxygen atoms in total. The summed E-state index contributed by atoms with van der Waals surface area (Å²) < 4.78 is 80.2. The molecule has 1 aliphatic heterocycles. The molecular weight excluding hydrogens is 534 g/mol. The molecule has 3 saturated carbocycles. The number of aliphatic imine (C=N–C) groups is 1. The molecule has 0 radical (unpaired) electrons. The first-order valence-electron chi connectivity index (χ1n) is 12.9. The Hall–Kier alpha value is -2.79. The summed E-state index contributed by atoms with van der Waals surface area (Å²) in [6, 6.07) is 13.1. The van der Waals surface area contributed by atoms with Gasteiger partial charge in [-0.15, -0.1) is 0 Å². The Kier molecular flexibility index (Phi) is 6.69. The van der Waals surface area contributed by atoms with Gasteiger partial charge in [0.1, 0.15) is 17.7 Å². The van der Waals surface area contributed by atoms with Gasteiger partial charge >= 0.3 is 6.18 Å². The van der Waals surface area contributed by atoms with E-state index in [1.807, 2.05) is 0 Å². The summed E-state index contributed by atoms with van der Waals surface area (Å²) >= 11 is 0. The maximum absolute atomic E-state index is 13.8. The zero-order valence-electron chi connectivity index (χ0n) is 21.8. The second-order valence-electron chi connectivity index (χ2n) is 11.6. The zero-order valence-corrected chi connectivity index (χ0v) is 22.6. The van der Waals surface area contributed by atoms with E-state index < -0.39 is 51.0 Å². The van der Waals surface area contributed by atoms with Crippen molar-refractivity contribution in [3.63, 3.8) is 0 Å². The fourth-order valence-corrected chi connectivity index (χ4v) is 8.05. The molecule has 11 heteroatoms. The van der Waals surface area contributed by atoms with Gasteiger partial charge in [0.05, 0.1) is 10.4 Å². The Balaban J connectivity index is 1.35. The molecule has 6 rings (SSSR count). The largest absolute Gasteiger partial charge is 0.389 e. The topological polar surface area (TPSA) is 78.8 Å². The van der Waals surface area contributed by atoms with Gasteiger partial charge in [0.2, 0.25) is 10.0 Å². The van der Waals surface area contributed by atoms with Crippen molar-refractivity contribution in [1.29, 1.82) is 0 Å². The van der Waals surface area contributed by atoms with Gasteiger partial charge in [-0.05, 0) is 69.4 Å². The van der Waals surface area contributed by atoms with E-state index in [0.717, 1.165) is 0 Å². The lowest BCUT2D eigenvalue weighted by molar-refractivity contribution is -0.151. The summed E-state index contributed by atoms with van der Waals surface area (Å²) in [5.74, 6) is -0.115. The van der Waals surface area contributed by atoms with Crippen LogP contribution in [0.2, 0.25) is 0 Å². The second-order valence-corrected chi connectivity index (χ2v) is 13.5. The van der Waals surface area contributed by atoms with Crippen molar-refractivity contribution in [2.24, 2.45) is 10.4 Å². The molecule has 0 saturated heterocycles. The van der Waals surface area contributed by atoms with Crippen LogP contribution in [-0.4, -0.2) is 47.6 Å². The van der Waals surface area contributed by atoms with Gasteiger partial charge in [-0.25, -0.2) is 12.8 Å². The van der Waals surface area contributed by atoms with Crippen LogP contribution >= 0.6 is 0 Å². The molecule has 1 N–H and O–H groups in total. The molecule has 2 aromatic rings. The molecule has 2 aromatic carbocycles. The predicted octanol–water partition coefficient (Wildman–Crippen LogP) is 5.39. The highest BCUT2D eigenvalue weighted by molar-refractivity contribution is 7.89. The maximum Gasteiger partial charge on any atom is 0.389 e. The van der Waals surface area contributed by atoms with E-state index in [2.05, 4.69) is 10.3 Å². The predicted molar refractivity (Wildman–Crippen MR) is 138 cm³/mol. The first kappa shape index (κ1) is 27.8. The van der Waals surface area contributed by atoms with Crippen molar-refractivity contribution in [3.05, 3.63) is 66.0 Å². The van der Waals surface area contributed by atoms with Gasteiger partial charge < -0.3 is 5.32 Å². The third-order valence-corrected chi connectivity index (χ3v) is 10.1. The summed E-state index contributed by atoms with van der Waals surface area (Å²) in [6.45, 7) is 3.69. The number of benzene rings is 2. The molecule has 0 amide bonds. The number of carbonyl (C=O) groups is 1. The van der Waals surface area contributed by atoms with Crippen molar-refractivity contribution in [2.75, 3.05) is 0 Å². The minimum atomic E-state index is -4.31. The normalized spacial score (nSPS) is 27.4. The number of hydrogen-bond acceptors (Lipinski definition) is 5. The zero-order chi connectivity index (χ0) is 28.3. The van der Waals surface area contributed by atoms with Gasteiger partial charge in [0, 0.05) is 30.3 Å². The van der Waals surface area contributed by atoms with Gasteiger partial charge in [-0.3, -0.25) is 9.79 Å². The van der Waals surface area contributed by atoms with E-state index in [1.165, 1.54) is 16.4 Å². The Morgan fingerprint density at radius 1 is 1.05 bits per heavy atom. The van der Waals surface area contributed by atoms with Crippen molar-refractivity contribution in [2.45, 2.75) is 87.1 Å². The lowest BCUT2D eigenvalue weighted by Gasteiger charge is -2.73. The van der Waals surface area contributed by atoms with E-state index >= 15 is 0 Å². The van der Waals surface area contributed by atoms with Crippen LogP contribution in [0.4, 0.5) is 17.6 Å². The monoisotopic (exact) mass is 565 g/mol. The lowest BCUT2D eigenvalue weighted by Crippen LogP contribution is -2.78. The number of Topliss-reactive ketones (excluding diaryl/α,β-unsaturated/α-hetero) is 1. The second kappa shape index (κ2) is 9.40. The number of nitrogens with one attached hydrogen (secondary N) is 1. The number of alkyl halides is 3. The van der Waals surface area contributed by atoms with Crippen molar-refractivity contribution in [3.8, 4) is 0 Å². The minimum Gasteiger partial charge on any atom is -0.366 e. The number of ketones is 1. The first-order valence-corrected chi connectivity index (χ1v) is 14.4. The number of hydrogen-bond donors (Lipinski definition) is 1. The summed E-state index contributed by atoms with van der Waals surface area (Å²) in [6.07, 6.45) is -4.29. The van der Waals surface area contributed by atoms with Gasteiger partial charge in [0.15, 0.2) is 5.78 Å². The van der Waals surface area contributed by atoms with E-state index in [-0.39, 0.29) is 30.1 Å². The standard InChI is InChI=1S/C28H31F4N3O3S/c1-25(2)23(22(36)9-6-14-28(30,31)32)33-24(34-25)26-16-27(17-26,18-26)35(15-19-10-12-20(29)13-11-19)39(37,38)21-7-4-3-5-8-21/h3-5,7-8,10-13,23H,6,9,14-18H2,1-2H3,(H,33,34)/t23-,26?,27?/m0/s1. The number of rotatable bonds is 10. The molecular formula is C28H31F4N3O3S. The third-order valence-electron chi connectivity index (χ3n) is 8.18. The van der Waals surface area contributed by atoms with Crippen LogP contribution < -0.4 is 5.32 Å². The molecule has 1 atom stereocenters. The highest BCUT2D eigenvalue weighted by atomic mass is 32.2. The fraction of sp³-hybridized carbons (Fsp3) is 0.500. The summed E-state index contributed by atoms with van der Waals surface area (Å²) in [5.41, 5.74) is -1.15. The molecule has 3 fully saturated rings. The van der Waals surface area contributed by atoms with E-state index in [1.54, 1.807) is 56.3 Å². The summed E-state index contributed by atoms with van der Waals surface area (Å²) in [4.78, 5) is 17.6. The van der Waals surface area contributed by atoms with Crippen molar-refractivity contribution in [1.82, 2.24) is 9.62 Å². The van der Waals surface area contributed by atoms with Crippen LogP contribution in [-0.2, 0) is 21.4 Å². The smallest absolute Gasteiger partial charge is 0.366 e.